The van der Waals surface area contributed by atoms with E-state index in [1.165, 1.54) is 32.3 Å². The van der Waals surface area contributed by atoms with Gasteiger partial charge in [-0.1, -0.05) is 77.9 Å². The standard InChI is InChI=1S/C29H20ClN3/c1-17-13-18(2)15-20(14-17)28-31-27(32-29(30)33-28)19-11-12-25-23-9-4-3-7-21(23)22-8-5-6-10-24(22)26(25)16-19/h3-16H,1-2H3. The summed E-state index contributed by atoms with van der Waals surface area (Å²) in [6.45, 7) is 4.14. The normalized spacial score (nSPS) is 11.5. The van der Waals surface area contributed by atoms with Crippen LogP contribution in [0, 0.1) is 13.8 Å². The number of aromatic nitrogens is 3. The van der Waals surface area contributed by atoms with Crippen molar-refractivity contribution in [1.82, 2.24) is 15.0 Å². The molecule has 4 heteroatoms. The first-order chi connectivity index (χ1) is 16.1. The van der Waals surface area contributed by atoms with Gasteiger partial charge in [-0.3, -0.25) is 0 Å². The van der Waals surface area contributed by atoms with Gasteiger partial charge in [0.05, 0.1) is 0 Å². The van der Waals surface area contributed by atoms with Gasteiger partial charge in [-0.2, -0.15) is 9.97 Å². The van der Waals surface area contributed by atoms with E-state index in [1.54, 1.807) is 0 Å². The maximum absolute atomic E-state index is 6.36. The summed E-state index contributed by atoms with van der Waals surface area (Å²) in [5.41, 5.74) is 4.17. The van der Waals surface area contributed by atoms with Crippen molar-refractivity contribution in [3.8, 4) is 22.8 Å². The van der Waals surface area contributed by atoms with Crippen molar-refractivity contribution < 1.29 is 0 Å². The fourth-order valence-corrected chi connectivity index (χ4v) is 4.92. The Morgan fingerprint density at radius 3 is 1.55 bits per heavy atom. The summed E-state index contributed by atoms with van der Waals surface area (Å²) in [5, 5.41) is 7.52. The monoisotopic (exact) mass is 445 g/mol. The maximum Gasteiger partial charge on any atom is 0.226 e. The molecule has 0 atom stereocenters. The van der Waals surface area contributed by atoms with Crippen molar-refractivity contribution in [2.75, 3.05) is 0 Å². The van der Waals surface area contributed by atoms with E-state index in [2.05, 4.69) is 109 Å². The largest absolute Gasteiger partial charge is 0.226 e. The van der Waals surface area contributed by atoms with Gasteiger partial charge < -0.3 is 0 Å². The van der Waals surface area contributed by atoms with Crippen LogP contribution in [0.15, 0.2) is 84.9 Å². The van der Waals surface area contributed by atoms with Crippen LogP contribution < -0.4 is 0 Å². The molecule has 158 valence electrons. The van der Waals surface area contributed by atoms with Gasteiger partial charge in [0, 0.05) is 11.1 Å². The summed E-state index contributed by atoms with van der Waals surface area (Å²) in [4.78, 5) is 13.7. The van der Waals surface area contributed by atoms with Crippen LogP contribution in [0.4, 0.5) is 0 Å². The molecule has 0 aliphatic carbocycles. The Morgan fingerprint density at radius 2 is 0.970 bits per heavy atom. The van der Waals surface area contributed by atoms with Gasteiger partial charge in [-0.25, -0.2) is 4.98 Å². The SMILES string of the molecule is Cc1cc(C)cc(-c2nc(Cl)nc(-c3ccc4c5ccccc5c5ccccc5c4c3)n2)c1. The van der Waals surface area contributed by atoms with E-state index in [0.29, 0.717) is 11.6 Å². The molecule has 0 saturated carbocycles. The van der Waals surface area contributed by atoms with Crippen LogP contribution in [0.1, 0.15) is 11.1 Å². The van der Waals surface area contributed by atoms with Crippen molar-refractivity contribution >= 4 is 43.9 Å². The zero-order valence-electron chi connectivity index (χ0n) is 18.3. The summed E-state index contributed by atoms with van der Waals surface area (Å²) < 4.78 is 0. The lowest BCUT2D eigenvalue weighted by Gasteiger charge is -2.12. The molecule has 0 saturated heterocycles. The molecule has 6 rings (SSSR count). The van der Waals surface area contributed by atoms with Crippen LogP contribution in [0.2, 0.25) is 5.28 Å². The minimum absolute atomic E-state index is 0.192. The lowest BCUT2D eigenvalue weighted by Crippen LogP contribution is -1.98. The number of fused-ring (bicyclic) bond motifs is 6. The molecule has 0 unspecified atom stereocenters. The summed E-state index contributed by atoms with van der Waals surface area (Å²) in [6.07, 6.45) is 0. The average molecular weight is 446 g/mol. The predicted octanol–water partition coefficient (Wildman–Crippen LogP) is 7.94. The minimum atomic E-state index is 0.192. The van der Waals surface area contributed by atoms with E-state index in [4.69, 9.17) is 16.6 Å². The van der Waals surface area contributed by atoms with Gasteiger partial charge in [0.15, 0.2) is 11.6 Å². The molecule has 0 N–H and O–H groups in total. The molecule has 1 heterocycles. The number of hydrogen-bond donors (Lipinski definition) is 0. The van der Waals surface area contributed by atoms with Gasteiger partial charge in [0.25, 0.3) is 0 Å². The molecule has 0 amide bonds. The van der Waals surface area contributed by atoms with Crippen molar-refractivity contribution in [3.05, 3.63) is 101 Å². The molecule has 0 fully saturated rings. The maximum atomic E-state index is 6.36. The second kappa shape index (κ2) is 7.65. The molecule has 0 aliphatic heterocycles. The molecule has 0 spiro atoms. The first-order valence-corrected chi connectivity index (χ1v) is 11.3. The van der Waals surface area contributed by atoms with E-state index >= 15 is 0 Å². The van der Waals surface area contributed by atoms with Crippen molar-refractivity contribution in [1.29, 1.82) is 0 Å². The van der Waals surface area contributed by atoms with Crippen LogP contribution in [0.25, 0.3) is 55.1 Å². The number of nitrogens with zero attached hydrogens (tertiary/aromatic N) is 3. The second-order valence-electron chi connectivity index (χ2n) is 8.48. The molecule has 33 heavy (non-hydrogen) atoms. The molecule has 6 aromatic rings. The van der Waals surface area contributed by atoms with Gasteiger partial charge in [0.1, 0.15) is 0 Å². The molecule has 1 aromatic heterocycles. The highest BCUT2D eigenvalue weighted by molar-refractivity contribution is 6.28. The number of hydrogen-bond acceptors (Lipinski definition) is 3. The molecule has 0 radical (unpaired) electrons. The molecule has 0 aliphatic rings. The molecule has 5 aromatic carbocycles. The van der Waals surface area contributed by atoms with Crippen molar-refractivity contribution in [3.63, 3.8) is 0 Å². The first-order valence-electron chi connectivity index (χ1n) is 10.9. The zero-order valence-corrected chi connectivity index (χ0v) is 19.1. The molecular weight excluding hydrogens is 426 g/mol. The molecule has 3 nitrogen and oxygen atoms in total. The molecule has 0 bridgehead atoms. The quantitative estimate of drug-likeness (QED) is 0.254. The number of benzene rings is 5. The topological polar surface area (TPSA) is 38.7 Å². The predicted molar refractivity (Wildman–Crippen MR) is 138 cm³/mol. The Balaban J connectivity index is 1.61. The third-order valence-corrected chi connectivity index (χ3v) is 6.26. The third kappa shape index (κ3) is 3.42. The number of halogens is 1. The summed E-state index contributed by atoms with van der Waals surface area (Å²) >= 11 is 6.36. The van der Waals surface area contributed by atoms with Crippen LogP contribution in [0.3, 0.4) is 0 Å². The third-order valence-electron chi connectivity index (χ3n) is 6.09. The van der Waals surface area contributed by atoms with Gasteiger partial charge in [-0.05, 0) is 76.0 Å². The Bertz CT molecular complexity index is 1650. The van der Waals surface area contributed by atoms with E-state index in [0.717, 1.165) is 22.3 Å². The van der Waals surface area contributed by atoms with Gasteiger partial charge in [-0.15, -0.1) is 0 Å². The first kappa shape index (κ1) is 19.8. The fraction of sp³-hybridized carbons (Fsp3) is 0.0690. The Kier molecular flexibility index (Phi) is 4.60. The molecular formula is C29H20ClN3. The van der Waals surface area contributed by atoms with E-state index < -0.39 is 0 Å². The fourth-order valence-electron chi connectivity index (χ4n) is 4.76. The highest BCUT2D eigenvalue weighted by Crippen LogP contribution is 2.36. The lowest BCUT2D eigenvalue weighted by atomic mass is 9.93. The van der Waals surface area contributed by atoms with E-state index in [-0.39, 0.29) is 5.28 Å². The van der Waals surface area contributed by atoms with Gasteiger partial charge >= 0.3 is 0 Å². The van der Waals surface area contributed by atoms with Crippen LogP contribution in [-0.4, -0.2) is 15.0 Å². The Labute approximate surface area is 196 Å². The van der Waals surface area contributed by atoms with Crippen LogP contribution in [-0.2, 0) is 0 Å². The average Bonchev–Trinajstić information content (AvgIpc) is 2.83. The lowest BCUT2D eigenvalue weighted by molar-refractivity contribution is 1.06. The highest BCUT2D eigenvalue weighted by Gasteiger charge is 2.13. The summed E-state index contributed by atoms with van der Waals surface area (Å²) in [7, 11) is 0. The smallest absolute Gasteiger partial charge is 0.208 e. The second-order valence-corrected chi connectivity index (χ2v) is 8.82. The van der Waals surface area contributed by atoms with Crippen molar-refractivity contribution in [2.45, 2.75) is 13.8 Å². The Morgan fingerprint density at radius 1 is 0.485 bits per heavy atom. The summed E-state index contributed by atoms with van der Waals surface area (Å²) in [6, 6.07) is 29.8. The Hall–Kier alpha value is -3.82. The number of rotatable bonds is 2. The van der Waals surface area contributed by atoms with Crippen LogP contribution >= 0.6 is 11.6 Å². The van der Waals surface area contributed by atoms with Gasteiger partial charge in [0.2, 0.25) is 5.28 Å². The van der Waals surface area contributed by atoms with Crippen LogP contribution in [0.5, 0.6) is 0 Å². The van der Waals surface area contributed by atoms with E-state index in [1.807, 2.05) is 0 Å². The van der Waals surface area contributed by atoms with Crippen molar-refractivity contribution in [2.24, 2.45) is 0 Å². The number of aryl methyl sites for hydroxylation is 2. The minimum Gasteiger partial charge on any atom is -0.208 e. The highest BCUT2D eigenvalue weighted by atomic mass is 35.5. The van der Waals surface area contributed by atoms with E-state index in [9.17, 15) is 0 Å². The summed E-state index contributed by atoms with van der Waals surface area (Å²) in [5.74, 6) is 1.16. The zero-order chi connectivity index (χ0) is 22.5.